The fraction of sp³-hybridized carbons (Fsp3) is 0.609. The van der Waals surface area contributed by atoms with Crippen molar-refractivity contribution in [2.45, 2.75) is 31.9 Å². The summed E-state index contributed by atoms with van der Waals surface area (Å²) in [6.07, 6.45) is 4.72. The Hall–Kier alpha value is -3.25. The summed E-state index contributed by atoms with van der Waals surface area (Å²) in [4.78, 5) is 33.9. The fourth-order valence-electron chi connectivity index (χ4n) is 4.25. The largest absolute Gasteiger partial charge is 0.474 e. The Morgan fingerprint density at radius 2 is 1.94 bits per heavy atom. The minimum atomic E-state index is -0.0659. The topological polar surface area (TPSA) is 141 Å². The van der Waals surface area contributed by atoms with E-state index in [1.165, 1.54) is 0 Å². The first kappa shape index (κ1) is 23.5. The van der Waals surface area contributed by atoms with E-state index in [2.05, 4.69) is 32.1 Å². The van der Waals surface area contributed by atoms with Crippen LogP contribution in [0.15, 0.2) is 18.5 Å². The average molecular weight is 485 g/mol. The van der Waals surface area contributed by atoms with Gasteiger partial charge in [0.1, 0.15) is 6.10 Å². The average Bonchev–Trinajstić information content (AvgIpc) is 2.83. The molecule has 188 valence electrons. The van der Waals surface area contributed by atoms with Gasteiger partial charge in [-0.05, 0) is 0 Å². The lowest BCUT2D eigenvalue weighted by Crippen LogP contribution is -2.55. The van der Waals surface area contributed by atoms with Crippen LogP contribution in [0.5, 0.6) is 5.88 Å². The first-order chi connectivity index (χ1) is 16.9. The number of rotatable bonds is 7. The second kappa shape index (κ2) is 9.78. The van der Waals surface area contributed by atoms with E-state index in [0.29, 0.717) is 63.6 Å². The summed E-state index contributed by atoms with van der Waals surface area (Å²) in [5, 5.41) is 3.02. The minimum Gasteiger partial charge on any atom is -0.474 e. The number of ether oxygens (including phenoxy) is 3. The number of amides is 2. The number of hydrogen-bond acceptors (Lipinski definition) is 10. The van der Waals surface area contributed by atoms with Crippen LogP contribution in [0, 0.1) is 5.41 Å². The van der Waals surface area contributed by atoms with Gasteiger partial charge in [-0.3, -0.25) is 0 Å². The molecule has 2 aliphatic heterocycles. The second-order valence-electron chi connectivity index (χ2n) is 9.76. The van der Waals surface area contributed by atoms with Gasteiger partial charge in [0.2, 0.25) is 17.8 Å². The molecule has 0 bridgehead atoms. The monoisotopic (exact) mass is 484 g/mol. The lowest BCUT2D eigenvalue weighted by atomic mass is 9.88. The summed E-state index contributed by atoms with van der Waals surface area (Å²) in [6.45, 7) is 6.76. The number of hydrogen-bond donors (Lipinski definition) is 2. The lowest BCUT2D eigenvalue weighted by molar-refractivity contribution is -0.0980. The number of urea groups is 1. The van der Waals surface area contributed by atoms with Crippen molar-refractivity contribution in [1.29, 1.82) is 0 Å². The Morgan fingerprint density at radius 3 is 2.60 bits per heavy atom. The molecule has 3 aliphatic rings. The van der Waals surface area contributed by atoms with Crippen molar-refractivity contribution in [3.8, 4) is 17.1 Å². The van der Waals surface area contributed by atoms with Crippen molar-refractivity contribution >= 4 is 17.9 Å². The van der Waals surface area contributed by atoms with Crippen molar-refractivity contribution < 1.29 is 19.0 Å². The van der Waals surface area contributed by atoms with Crippen LogP contribution in [0.4, 0.5) is 16.7 Å². The zero-order valence-electron chi connectivity index (χ0n) is 20.1. The van der Waals surface area contributed by atoms with Crippen LogP contribution in [0.25, 0.3) is 11.3 Å². The second-order valence-corrected chi connectivity index (χ2v) is 9.76. The summed E-state index contributed by atoms with van der Waals surface area (Å²) in [6, 6.07) is 1.85. The summed E-state index contributed by atoms with van der Waals surface area (Å²) in [5.41, 5.74) is 7.08. The number of carbonyl (C=O) groups excluding carboxylic acids is 1. The predicted octanol–water partition coefficient (Wildman–Crippen LogP) is 0.940. The van der Waals surface area contributed by atoms with Crippen LogP contribution in [0.1, 0.15) is 19.8 Å². The molecule has 3 fully saturated rings. The van der Waals surface area contributed by atoms with Gasteiger partial charge in [-0.1, -0.05) is 6.92 Å². The van der Waals surface area contributed by atoms with Gasteiger partial charge in [-0.2, -0.15) is 4.98 Å². The number of nitrogens with one attached hydrogen (secondary N) is 1. The number of carbonyl (C=O) groups is 1. The van der Waals surface area contributed by atoms with Crippen molar-refractivity contribution in [1.82, 2.24) is 30.2 Å². The Labute approximate surface area is 204 Å². The third-order valence-corrected chi connectivity index (χ3v) is 6.75. The standard InChI is InChI=1S/C23H32N8O4/c1-23(13-34-14-23)12-27-22(32)30(2)16-7-17(8-16)35-19-9-18(15-10-25-20(24)26-11-15)28-21(29-19)31-3-5-33-6-4-31/h9-11,16-17H,3-8,12-14H2,1-2H3,(H,27,32)(H2,24,25,26). The Kier molecular flexibility index (Phi) is 6.56. The first-order valence-corrected chi connectivity index (χ1v) is 11.9. The molecule has 3 N–H and O–H groups in total. The van der Waals surface area contributed by atoms with Gasteiger partial charge in [-0.25, -0.2) is 19.7 Å². The number of aromatic nitrogens is 4. The third kappa shape index (κ3) is 5.38. The minimum absolute atomic E-state index is 0.0317. The van der Waals surface area contributed by atoms with Crippen molar-refractivity contribution in [3.05, 3.63) is 18.5 Å². The Morgan fingerprint density at radius 1 is 1.23 bits per heavy atom. The van der Waals surface area contributed by atoms with Crippen molar-refractivity contribution in [2.24, 2.45) is 5.41 Å². The van der Waals surface area contributed by atoms with Gasteiger partial charge in [0.25, 0.3) is 0 Å². The maximum Gasteiger partial charge on any atom is 0.317 e. The number of nitrogens with two attached hydrogens (primary N) is 1. The van der Waals surface area contributed by atoms with Gasteiger partial charge in [0, 0.05) is 75.0 Å². The normalized spacial score (nSPS) is 23.1. The SMILES string of the molecule is CN(C(=O)NCC1(C)COC1)C1CC(Oc2cc(-c3cnc(N)nc3)nc(N3CCOCC3)n2)C1. The zero-order chi connectivity index (χ0) is 24.4. The lowest BCUT2D eigenvalue weighted by Gasteiger charge is -2.42. The van der Waals surface area contributed by atoms with Gasteiger partial charge in [0.15, 0.2) is 0 Å². The predicted molar refractivity (Wildman–Crippen MR) is 128 cm³/mol. The van der Waals surface area contributed by atoms with Crippen LogP contribution < -0.4 is 20.7 Å². The van der Waals surface area contributed by atoms with Gasteiger partial charge in [-0.15, -0.1) is 0 Å². The van der Waals surface area contributed by atoms with E-state index >= 15 is 0 Å². The molecule has 0 spiro atoms. The highest BCUT2D eigenvalue weighted by molar-refractivity contribution is 5.74. The molecule has 12 heteroatoms. The number of anilines is 2. The van der Waals surface area contributed by atoms with Crippen LogP contribution in [-0.4, -0.2) is 96.1 Å². The number of nitrogen functional groups attached to an aromatic ring is 1. The molecule has 2 saturated heterocycles. The summed E-state index contributed by atoms with van der Waals surface area (Å²) >= 11 is 0. The van der Waals surface area contributed by atoms with E-state index in [1.807, 2.05) is 7.05 Å². The summed E-state index contributed by atoms with van der Waals surface area (Å²) < 4.78 is 16.9. The molecule has 0 unspecified atom stereocenters. The summed E-state index contributed by atoms with van der Waals surface area (Å²) in [5.74, 6) is 1.27. The molecule has 2 aromatic rings. The van der Waals surface area contributed by atoms with Crippen LogP contribution in [0.2, 0.25) is 0 Å². The fourth-order valence-corrected chi connectivity index (χ4v) is 4.25. The maximum absolute atomic E-state index is 12.6. The van der Waals surface area contributed by atoms with Crippen molar-refractivity contribution in [2.75, 3.05) is 63.7 Å². The van der Waals surface area contributed by atoms with Crippen molar-refractivity contribution in [3.63, 3.8) is 0 Å². The molecule has 4 heterocycles. The smallest absolute Gasteiger partial charge is 0.317 e. The highest BCUT2D eigenvalue weighted by Crippen LogP contribution is 2.31. The molecular weight excluding hydrogens is 452 g/mol. The molecular formula is C23H32N8O4. The molecule has 0 atom stereocenters. The molecule has 2 aromatic heterocycles. The Bertz CT molecular complexity index is 1040. The molecule has 0 radical (unpaired) electrons. The quantitative estimate of drug-likeness (QED) is 0.583. The molecule has 1 aliphatic carbocycles. The van der Waals surface area contributed by atoms with E-state index in [-0.39, 0.29) is 29.5 Å². The van der Waals surface area contributed by atoms with E-state index in [4.69, 9.17) is 24.9 Å². The zero-order valence-corrected chi connectivity index (χ0v) is 20.1. The van der Waals surface area contributed by atoms with Gasteiger partial charge >= 0.3 is 6.03 Å². The van der Waals surface area contributed by atoms with Crippen LogP contribution >= 0.6 is 0 Å². The first-order valence-electron chi connectivity index (χ1n) is 11.9. The van der Waals surface area contributed by atoms with Crippen LogP contribution in [-0.2, 0) is 9.47 Å². The molecule has 0 aromatic carbocycles. The highest BCUT2D eigenvalue weighted by atomic mass is 16.5. The van der Waals surface area contributed by atoms with E-state index < -0.39 is 0 Å². The molecule has 5 rings (SSSR count). The maximum atomic E-state index is 12.6. The van der Waals surface area contributed by atoms with Crippen LogP contribution in [0.3, 0.4) is 0 Å². The molecule has 12 nitrogen and oxygen atoms in total. The number of morpholine rings is 1. The molecule has 1 saturated carbocycles. The van der Waals surface area contributed by atoms with E-state index in [0.717, 1.165) is 18.4 Å². The van der Waals surface area contributed by atoms with Gasteiger partial charge < -0.3 is 35.1 Å². The third-order valence-electron chi connectivity index (χ3n) is 6.75. The van der Waals surface area contributed by atoms with E-state index in [1.54, 1.807) is 23.4 Å². The van der Waals surface area contributed by atoms with Gasteiger partial charge in [0.05, 0.1) is 32.1 Å². The van der Waals surface area contributed by atoms with E-state index in [9.17, 15) is 4.79 Å². The Balaban J connectivity index is 1.22. The molecule has 35 heavy (non-hydrogen) atoms. The highest BCUT2D eigenvalue weighted by Gasteiger charge is 2.38. The number of nitrogens with zero attached hydrogens (tertiary/aromatic N) is 6. The summed E-state index contributed by atoms with van der Waals surface area (Å²) in [7, 11) is 1.83. The molecule has 2 amide bonds.